The van der Waals surface area contributed by atoms with Gasteiger partial charge in [0.1, 0.15) is 0 Å². The molecule has 0 spiro atoms. The minimum atomic E-state index is 0.613. The van der Waals surface area contributed by atoms with Gasteiger partial charge in [0.25, 0.3) is 0 Å². The molecule has 0 nitrogen and oxygen atoms in total. The zero-order valence-electron chi connectivity index (χ0n) is 9.37. The summed E-state index contributed by atoms with van der Waals surface area (Å²) in [7, 11) is 0. The van der Waals surface area contributed by atoms with Gasteiger partial charge in [0, 0.05) is 0 Å². The number of hydrogen-bond acceptors (Lipinski definition) is 0. The third-order valence-corrected chi connectivity index (χ3v) is 2.75. The highest BCUT2D eigenvalue weighted by Gasteiger charge is 1.93. The Balaban J connectivity index is 0.000000165. The molecule has 2 rings (SSSR count). The summed E-state index contributed by atoms with van der Waals surface area (Å²) in [5.74, 6) is 0. The van der Waals surface area contributed by atoms with Crippen LogP contribution in [0.15, 0.2) is 48.5 Å². The smallest absolute Gasteiger partial charge is 0.0594 e. The highest BCUT2D eigenvalue weighted by Crippen LogP contribution is 2.21. The first-order valence-electron chi connectivity index (χ1n) is 5.03. The van der Waals surface area contributed by atoms with E-state index in [0.717, 1.165) is 5.56 Å². The molecule has 0 saturated heterocycles. The number of halogens is 2. The summed E-state index contributed by atoms with van der Waals surface area (Å²) in [6, 6.07) is 15.8. The van der Waals surface area contributed by atoms with Crippen molar-refractivity contribution in [2.24, 2.45) is 0 Å². The maximum absolute atomic E-state index is 5.68. The van der Waals surface area contributed by atoms with Crippen LogP contribution in [-0.2, 0) is 0 Å². The second kappa shape index (κ2) is 6.57. The Morgan fingerprint density at radius 3 is 1.69 bits per heavy atom. The van der Waals surface area contributed by atoms with Crippen molar-refractivity contribution >= 4 is 23.2 Å². The van der Waals surface area contributed by atoms with Crippen LogP contribution in [0.3, 0.4) is 0 Å². The van der Waals surface area contributed by atoms with E-state index in [4.69, 9.17) is 23.2 Å². The summed E-state index contributed by atoms with van der Waals surface area (Å²) in [4.78, 5) is 0. The van der Waals surface area contributed by atoms with Gasteiger partial charge < -0.3 is 0 Å². The van der Waals surface area contributed by atoms with Gasteiger partial charge in [-0.3, -0.25) is 0 Å². The highest BCUT2D eigenvalue weighted by atomic mass is 35.5. The van der Waals surface area contributed by atoms with Crippen molar-refractivity contribution in [2.75, 3.05) is 0 Å². The molecule has 0 aliphatic heterocycles. The number of hydrogen-bond donors (Lipinski definition) is 0. The van der Waals surface area contributed by atoms with Crippen molar-refractivity contribution in [3.05, 3.63) is 69.7 Å². The molecule has 0 aliphatic carbocycles. The molecule has 0 N–H and O–H groups in total. The number of rotatable bonds is 0. The molecule has 0 saturated carbocycles. The van der Waals surface area contributed by atoms with Crippen molar-refractivity contribution in [2.45, 2.75) is 13.8 Å². The predicted octanol–water partition coefficient (Wildman–Crippen LogP) is 5.30. The summed E-state index contributed by atoms with van der Waals surface area (Å²) in [5, 5.41) is 1.24. The van der Waals surface area contributed by atoms with E-state index in [1.165, 1.54) is 5.56 Å². The molecule has 0 atom stereocenters. The minimum Gasteiger partial charge on any atom is -0.0827 e. The Labute approximate surface area is 107 Å². The monoisotopic (exact) mass is 252 g/mol. The van der Waals surface area contributed by atoms with Gasteiger partial charge >= 0.3 is 0 Å². The molecular formula is C14H14Cl2. The van der Waals surface area contributed by atoms with Gasteiger partial charge in [0.15, 0.2) is 0 Å². The average Bonchev–Trinajstić information content (AvgIpc) is 2.26. The van der Waals surface area contributed by atoms with Crippen LogP contribution < -0.4 is 0 Å². The molecule has 2 heteroatoms. The van der Waals surface area contributed by atoms with Crippen molar-refractivity contribution in [1.82, 2.24) is 0 Å². The zero-order valence-corrected chi connectivity index (χ0v) is 10.9. The van der Waals surface area contributed by atoms with Crippen LogP contribution in [0.2, 0.25) is 10.0 Å². The standard InChI is InChI=1S/C7H6Cl2.C7H8/c1-5-2-3-6(8)7(9)4-5;1-7-5-3-2-4-6-7/h2-4H,1H3;2-6H,1H3. The molecule has 0 radical (unpaired) electrons. The van der Waals surface area contributed by atoms with Gasteiger partial charge in [0.2, 0.25) is 0 Å². The van der Waals surface area contributed by atoms with E-state index in [0.29, 0.717) is 10.0 Å². The molecule has 0 unspecified atom stereocenters. The molecule has 0 aliphatic rings. The average molecular weight is 253 g/mol. The van der Waals surface area contributed by atoms with Crippen LogP contribution >= 0.6 is 23.2 Å². The van der Waals surface area contributed by atoms with Crippen LogP contribution in [0.5, 0.6) is 0 Å². The summed E-state index contributed by atoms with van der Waals surface area (Å²) >= 11 is 11.3. The second-order valence-electron chi connectivity index (χ2n) is 3.57. The maximum Gasteiger partial charge on any atom is 0.0594 e. The fraction of sp³-hybridized carbons (Fsp3) is 0.143. The Kier molecular flexibility index (Phi) is 5.37. The summed E-state index contributed by atoms with van der Waals surface area (Å²) in [6.45, 7) is 4.06. The lowest BCUT2D eigenvalue weighted by Crippen LogP contribution is -1.70. The van der Waals surface area contributed by atoms with Gasteiger partial charge in [-0.1, -0.05) is 65.2 Å². The predicted molar refractivity (Wildman–Crippen MR) is 72.4 cm³/mol. The summed E-state index contributed by atoms with van der Waals surface area (Å²) < 4.78 is 0. The normalized spacial score (nSPS) is 9.25. The topological polar surface area (TPSA) is 0 Å². The van der Waals surface area contributed by atoms with Crippen LogP contribution in [0, 0.1) is 13.8 Å². The van der Waals surface area contributed by atoms with E-state index in [1.54, 1.807) is 6.07 Å². The van der Waals surface area contributed by atoms with Gasteiger partial charge in [-0.15, -0.1) is 0 Å². The van der Waals surface area contributed by atoms with Crippen LogP contribution in [0.4, 0.5) is 0 Å². The van der Waals surface area contributed by atoms with Gasteiger partial charge in [-0.25, -0.2) is 0 Å². The quantitative estimate of drug-likeness (QED) is 0.597. The second-order valence-corrected chi connectivity index (χ2v) is 4.39. The number of benzene rings is 2. The molecule has 0 bridgehead atoms. The first-order chi connectivity index (χ1) is 7.59. The van der Waals surface area contributed by atoms with E-state index in [2.05, 4.69) is 19.1 Å². The van der Waals surface area contributed by atoms with Crippen LogP contribution in [0.25, 0.3) is 0 Å². The fourth-order valence-corrected chi connectivity index (χ4v) is 1.49. The number of aryl methyl sites for hydroxylation is 2. The van der Waals surface area contributed by atoms with E-state index < -0.39 is 0 Å². The SMILES string of the molecule is Cc1ccc(Cl)c(Cl)c1.Cc1ccccc1. The third-order valence-electron chi connectivity index (χ3n) is 2.02. The van der Waals surface area contributed by atoms with Crippen molar-refractivity contribution < 1.29 is 0 Å². The maximum atomic E-state index is 5.68. The van der Waals surface area contributed by atoms with Crippen molar-refractivity contribution in [3.63, 3.8) is 0 Å². The van der Waals surface area contributed by atoms with Gasteiger partial charge in [-0.05, 0) is 31.5 Å². The van der Waals surface area contributed by atoms with Crippen molar-refractivity contribution in [3.8, 4) is 0 Å². The largest absolute Gasteiger partial charge is 0.0827 e. The summed E-state index contributed by atoms with van der Waals surface area (Å²) in [6.07, 6.45) is 0. The van der Waals surface area contributed by atoms with Crippen molar-refractivity contribution in [1.29, 1.82) is 0 Å². The first-order valence-corrected chi connectivity index (χ1v) is 5.78. The van der Waals surface area contributed by atoms with Crippen LogP contribution in [0.1, 0.15) is 11.1 Å². The minimum absolute atomic E-state index is 0.613. The lowest BCUT2D eigenvalue weighted by Gasteiger charge is -1.94. The van der Waals surface area contributed by atoms with Gasteiger partial charge in [0.05, 0.1) is 10.0 Å². The Hall–Kier alpha value is -0.980. The lowest BCUT2D eigenvalue weighted by atomic mass is 10.2. The van der Waals surface area contributed by atoms with E-state index in [9.17, 15) is 0 Å². The third kappa shape index (κ3) is 4.69. The first kappa shape index (κ1) is 13.1. The van der Waals surface area contributed by atoms with Gasteiger partial charge in [-0.2, -0.15) is 0 Å². The fourth-order valence-electron chi connectivity index (χ4n) is 1.14. The molecule has 0 fully saturated rings. The Morgan fingerprint density at radius 2 is 1.31 bits per heavy atom. The van der Waals surface area contributed by atoms with E-state index in [-0.39, 0.29) is 0 Å². The Bertz CT molecular complexity index is 436. The molecule has 16 heavy (non-hydrogen) atoms. The molecule has 84 valence electrons. The highest BCUT2D eigenvalue weighted by molar-refractivity contribution is 6.41. The lowest BCUT2D eigenvalue weighted by molar-refractivity contribution is 1.47. The Morgan fingerprint density at radius 1 is 0.688 bits per heavy atom. The molecule has 0 aromatic heterocycles. The zero-order chi connectivity index (χ0) is 12.0. The van der Waals surface area contributed by atoms with Crippen LogP contribution in [-0.4, -0.2) is 0 Å². The summed E-state index contributed by atoms with van der Waals surface area (Å²) in [5.41, 5.74) is 2.45. The molecule has 0 heterocycles. The van der Waals surface area contributed by atoms with E-state index >= 15 is 0 Å². The molecular weight excluding hydrogens is 239 g/mol. The molecule has 2 aromatic rings. The molecule has 2 aromatic carbocycles. The molecule has 0 amide bonds. The van der Waals surface area contributed by atoms with E-state index in [1.807, 2.05) is 37.3 Å².